The molecule has 10 heteroatoms. The lowest BCUT2D eigenvalue weighted by atomic mass is 10.3. The summed E-state index contributed by atoms with van der Waals surface area (Å²) < 4.78 is 13.7. The van der Waals surface area contributed by atoms with Crippen molar-refractivity contribution in [1.82, 2.24) is 24.8 Å². The highest BCUT2D eigenvalue weighted by molar-refractivity contribution is 7.13. The third-order valence-corrected chi connectivity index (χ3v) is 5.52. The Morgan fingerprint density at radius 2 is 2.17 bits per heavy atom. The molecule has 29 heavy (non-hydrogen) atoms. The molecule has 5 rings (SSSR count). The van der Waals surface area contributed by atoms with Crippen molar-refractivity contribution in [3.8, 4) is 22.2 Å². The summed E-state index contributed by atoms with van der Waals surface area (Å²) in [6.07, 6.45) is 3.46. The predicted molar refractivity (Wildman–Crippen MR) is 105 cm³/mol. The molecule has 0 spiro atoms. The summed E-state index contributed by atoms with van der Waals surface area (Å²) in [6.45, 7) is 0.479. The fourth-order valence-electron chi connectivity index (χ4n) is 3.08. The molecule has 4 aromatic heterocycles. The van der Waals surface area contributed by atoms with E-state index in [9.17, 15) is 9.59 Å². The highest BCUT2D eigenvalue weighted by Gasteiger charge is 2.31. The van der Waals surface area contributed by atoms with Gasteiger partial charge in [0.2, 0.25) is 5.82 Å². The second kappa shape index (κ2) is 7.21. The molecular weight excluding hydrogens is 394 g/mol. The van der Waals surface area contributed by atoms with Gasteiger partial charge < -0.3 is 14.3 Å². The molecule has 0 saturated heterocycles. The zero-order valence-electron chi connectivity index (χ0n) is 15.3. The largest absolute Gasteiger partial charge is 0.461 e. The van der Waals surface area contributed by atoms with Gasteiger partial charge in [-0.15, -0.1) is 16.4 Å². The topological polar surface area (TPSA) is 108 Å². The van der Waals surface area contributed by atoms with Crippen LogP contribution in [0.25, 0.3) is 22.2 Å². The van der Waals surface area contributed by atoms with Gasteiger partial charge in [-0.3, -0.25) is 9.36 Å². The number of carbonyl (C=O) groups is 1. The molecule has 1 amide bonds. The molecule has 0 atom stereocenters. The first-order valence-electron chi connectivity index (χ1n) is 9.23. The molecule has 1 aliphatic rings. The number of hydrogen-bond donors (Lipinski definition) is 1. The Labute approximate surface area is 168 Å². The minimum atomic E-state index is -0.363. The zero-order chi connectivity index (χ0) is 19.8. The first-order chi connectivity index (χ1) is 14.2. The minimum Gasteiger partial charge on any atom is -0.461 e. The van der Waals surface area contributed by atoms with Crippen molar-refractivity contribution >= 4 is 17.2 Å². The van der Waals surface area contributed by atoms with E-state index in [2.05, 4.69) is 15.6 Å². The summed E-state index contributed by atoms with van der Waals surface area (Å²) in [5.41, 5.74) is -0.00454. The molecule has 4 heterocycles. The molecule has 0 aliphatic heterocycles. The third-order valence-electron chi connectivity index (χ3n) is 4.64. The molecule has 0 radical (unpaired) electrons. The van der Waals surface area contributed by atoms with Gasteiger partial charge in [0, 0.05) is 18.7 Å². The van der Waals surface area contributed by atoms with E-state index in [4.69, 9.17) is 8.94 Å². The van der Waals surface area contributed by atoms with Crippen LogP contribution in [0, 0.1) is 0 Å². The number of aromatic nitrogens is 4. The van der Waals surface area contributed by atoms with Gasteiger partial charge in [-0.2, -0.15) is 0 Å². The number of rotatable bonds is 7. The molecule has 0 bridgehead atoms. The average Bonchev–Trinajstić information content (AvgIpc) is 3.21. The fourth-order valence-corrected chi connectivity index (χ4v) is 3.76. The van der Waals surface area contributed by atoms with Gasteiger partial charge in [-0.1, -0.05) is 11.2 Å². The molecule has 148 valence electrons. The molecule has 9 nitrogen and oxygen atoms in total. The van der Waals surface area contributed by atoms with Crippen LogP contribution >= 0.6 is 11.3 Å². The van der Waals surface area contributed by atoms with Crippen molar-refractivity contribution < 1.29 is 13.7 Å². The van der Waals surface area contributed by atoms with E-state index in [1.54, 1.807) is 29.0 Å². The lowest BCUT2D eigenvalue weighted by Crippen LogP contribution is -2.32. The van der Waals surface area contributed by atoms with Crippen LogP contribution in [0.1, 0.15) is 29.4 Å². The third kappa shape index (κ3) is 3.42. The van der Waals surface area contributed by atoms with Crippen LogP contribution in [-0.4, -0.2) is 32.0 Å². The highest BCUT2D eigenvalue weighted by atomic mass is 32.1. The first-order valence-corrected chi connectivity index (χ1v) is 10.1. The van der Waals surface area contributed by atoms with E-state index >= 15 is 0 Å². The minimum absolute atomic E-state index is 0.164. The van der Waals surface area contributed by atoms with E-state index in [1.807, 2.05) is 17.5 Å². The zero-order valence-corrected chi connectivity index (χ0v) is 16.1. The van der Waals surface area contributed by atoms with Crippen LogP contribution < -0.4 is 11.0 Å². The van der Waals surface area contributed by atoms with E-state index in [0.717, 1.165) is 17.7 Å². The van der Waals surface area contributed by atoms with Crippen molar-refractivity contribution in [2.24, 2.45) is 0 Å². The van der Waals surface area contributed by atoms with Crippen LogP contribution in [0.5, 0.6) is 0 Å². The molecule has 1 saturated carbocycles. The van der Waals surface area contributed by atoms with Crippen LogP contribution in [-0.2, 0) is 6.54 Å². The highest BCUT2D eigenvalue weighted by Crippen LogP contribution is 2.36. The standard InChI is InChI=1S/C19H17N5O4S/c25-18(13-11-15(28-22-13)16-4-2-10-29-16)20-7-8-23-19(26)24(12-5-6-12)17(21-23)14-3-1-9-27-14/h1-4,9-12H,5-8H2,(H,20,25). The maximum Gasteiger partial charge on any atom is 0.346 e. The summed E-state index contributed by atoms with van der Waals surface area (Å²) >= 11 is 1.51. The number of amides is 1. The maximum atomic E-state index is 12.7. The van der Waals surface area contributed by atoms with Gasteiger partial charge in [-0.25, -0.2) is 9.48 Å². The van der Waals surface area contributed by atoms with Crippen LogP contribution in [0.3, 0.4) is 0 Å². The van der Waals surface area contributed by atoms with Crippen molar-refractivity contribution in [1.29, 1.82) is 0 Å². The second-order valence-corrected chi connectivity index (χ2v) is 7.67. The smallest absolute Gasteiger partial charge is 0.346 e. The molecule has 1 fully saturated rings. The van der Waals surface area contributed by atoms with E-state index in [0.29, 0.717) is 17.3 Å². The molecular formula is C19H17N5O4S. The van der Waals surface area contributed by atoms with Gasteiger partial charge in [0.05, 0.1) is 17.7 Å². The summed E-state index contributed by atoms with van der Waals surface area (Å²) in [5, 5.41) is 12.9. The summed E-state index contributed by atoms with van der Waals surface area (Å²) in [4.78, 5) is 26.0. The summed E-state index contributed by atoms with van der Waals surface area (Å²) in [5.74, 6) is 1.26. The number of nitrogens with zero attached hydrogens (tertiary/aromatic N) is 4. The van der Waals surface area contributed by atoms with Crippen molar-refractivity contribution in [2.45, 2.75) is 25.4 Å². The molecule has 0 unspecified atom stereocenters. The monoisotopic (exact) mass is 411 g/mol. The summed E-state index contributed by atoms with van der Waals surface area (Å²) in [7, 11) is 0. The number of carbonyl (C=O) groups excluding carboxylic acids is 1. The van der Waals surface area contributed by atoms with Gasteiger partial charge in [0.25, 0.3) is 5.91 Å². The van der Waals surface area contributed by atoms with Gasteiger partial charge in [0.1, 0.15) is 0 Å². The van der Waals surface area contributed by atoms with E-state index < -0.39 is 0 Å². The lowest BCUT2D eigenvalue weighted by Gasteiger charge is -2.02. The Morgan fingerprint density at radius 1 is 1.28 bits per heavy atom. The number of nitrogens with one attached hydrogen (secondary N) is 1. The SMILES string of the molecule is O=C(NCCn1nc(-c2ccco2)n(C2CC2)c1=O)c1cc(-c2cccs2)on1. The average molecular weight is 411 g/mol. The quantitative estimate of drug-likeness (QED) is 0.501. The van der Waals surface area contributed by atoms with Gasteiger partial charge in [0.15, 0.2) is 17.2 Å². The van der Waals surface area contributed by atoms with E-state index in [-0.39, 0.29) is 36.4 Å². The predicted octanol–water partition coefficient (Wildman–Crippen LogP) is 2.79. The Kier molecular flexibility index (Phi) is 4.39. The van der Waals surface area contributed by atoms with Crippen molar-refractivity contribution in [3.63, 3.8) is 0 Å². The van der Waals surface area contributed by atoms with Gasteiger partial charge in [-0.05, 0) is 36.4 Å². The Balaban J connectivity index is 1.27. The Morgan fingerprint density at radius 3 is 2.90 bits per heavy atom. The normalized spacial score (nSPS) is 13.7. The lowest BCUT2D eigenvalue weighted by molar-refractivity contribution is 0.0943. The molecule has 4 aromatic rings. The van der Waals surface area contributed by atoms with Crippen molar-refractivity contribution in [3.05, 3.63) is 58.2 Å². The van der Waals surface area contributed by atoms with Crippen LogP contribution in [0.4, 0.5) is 0 Å². The second-order valence-electron chi connectivity index (χ2n) is 6.72. The first kappa shape index (κ1) is 17.7. The number of furan rings is 1. The molecule has 1 aliphatic carbocycles. The maximum absolute atomic E-state index is 12.7. The number of hydrogen-bond acceptors (Lipinski definition) is 7. The summed E-state index contributed by atoms with van der Waals surface area (Å²) in [6, 6.07) is 9.10. The molecule has 1 N–H and O–H groups in total. The van der Waals surface area contributed by atoms with Crippen LogP contribution in [0.2, 0.25) is 0 Å². The molecule has 0 aromatic carbocycles. The van der Waals surface area contributed by atoms with Crippen LogP contribution in [0.15, 0.2) is 55.7 Å². The Bertz CT molecular complexity index is 1180. The Hall–Kier alpha value is -3.40. The number of thiophene rings is 1. The van der Waals surface area contributed by atoms with Crippen molar-refractivity contribution in [2.75, 3.05) is 6.54 Å². The van der Waals surface area contributed by atoms with Gasteiger partial charge >= 0.3 is 5.69 Å². The van der Waals surface area contributed by atoms with E-state index in [1.165, 1.54) is 16.0 Å². The fraction of sp³-hybridized carbons (Fsp3) is 0.263.